The third-order valence-electron chi connectivity index (χ3n) is 5.13. The van der Waals surface area contributed by atoms with Gasteiger partial charge >= 0.3 is 0 Å². The van der Waals surface area contributed by atoms with Gasteiger partial charge in [-0.25, -0.2) is 4.98 Å². The second kappa shape index (κ2) is 7.75. The number of carbonyl (C=O) groups excluding carboxylic acids is 1. The van der Waals surface area contributed by atoms with E-state index in [1.807, 2.05) is 6.92 Å². The van der Waals surface area contributed by atoms with Crippen molar-refractivity contribution < 1.29 is 9.53 Å². The molecule has 2 heterocycles. The number of hydrogen-bond donors (Lipinski definition) is 1. The van der Waals surface area contributed by atoms with Crippen LogP contribution in [0.5, 0.6) is 5.75 Å². The van der Waals surface area contributed by atoms with Crippen LogP contribution in [0.3, 0.4) is 0 Å². The van der Waals surface area contributed by atoms with Crippen LogP contribution in [0.25, 0.3) is 10.2 Å². The number of ether oxygens (including phenoxy) is 1. The van der Waals surface area contributed by atoms with Crippen molar-refractivity contribution in [1.82, 2.24) is 9.55 Å². The van der Waals surface area contributed by atoms with Gasteiger partial charge in [-0.1, -0.05) is 0 Å². The van der Waals surface area contributed by atoms with Gasteiger partial charge in [0.1, 0.15) is 16.6 Å². The standard InChI is InChI=1S/C21H23N3O3S/c1-3-27-15-10-8-14(9-11-15)23-19(25)13(2)24-12-22-20-18(21(24)26)16-6-4-5-7-17(16)28-20/h8-13H,3-7H2,1-2H3,(H,23,25)/t13-/m1/s1. The van der Waals surface area contributed by atoms with Crippen molar-refractivity contribution in [3.05, 3.63) is 51.4 Å². The summed E-state index contributed by atoms with van der Waals surface area (Å²) < 4.78 is 6.85. The van der Waals surface area contributed by atoms with Crippen LogP contribution >= 0.6 is 11.3 Å². The predicted octanol–water partition coefficient (Wildman–Crippen LogP) is 3.94. The van der Waals surface area contributed by atoms with E-state index in [0.717, 1.165) is 41.8 Å². The van der Waals surface area contributed by atoms with E-state index in [2.05, 4.69) is 10.3 Å². The van der Waals surface area contributed by atoms with Crippen LogP contribution in [-0.2, 0) is 17.6 Å². The van der Waals surface area contributed by atoms with Gasteiger partial charge in [-0.2, -0.15) is 0 Å². The van der Waals surface area contributed by atoms with Gasteiger partial charge in [0.05, 0.1) is 18.3 Å². The third kappa shape index (κ3) is 3.42. The molecule has 7 heteroatoms. The molecule has 2 aromatic heterocycles. The Morgan fingerprint density at radius 3 is 2.79 bits per heavy atom. The highest BCUT2D eigenvalue weighted by molar-refractivity contribution is 7.18. The Bertz CT molecular complexity index is 1070. The van der Waals surface area contributed by atoms with Crippen LogP contribution in [0.4, 0.5) is 5.69 Å². The minimum atomic E-state index is -0.657. The molecule has 1 aliphatic rings. The van der Waals surface area contributed by atoms with Crippen molar-refractivity contribution in [3.63, 3.8) is 0 Å². The minimum absolute atomic E-state index is 0.126. The number of carbonyl (C=O) groups is 1. The van der Waals surface area contributed by atoms with E-state index >= 15 is 0 Å². The number of benzene rings is 1. The number of anilines is 1. The average Bonchev–Trinajstić information content (AvgIpc) is 3.09. The normalized spacial score (nSPS) is 14.5. The SMILES string of the molecule is CCOc1ccc(NC(=O)[C@@H](C)n2cnc3sc4c(c3c2=O)CCCC4)cc1. The molecule has 0 bridgehead atoms. The van der Waals surface area contributed by atoms with Crippen molar-refractivity contribution in [2.75, 3.05) is 11.9 Å². The van der Waals surface area contributed by atoms with E-state index in [0.29, 0.717) is 17.7 Å². The molecule has 1 aliphatic carbocycles. The number of amides is 1. The Hall–Kier alpha value is -2.67. The van der Waals surface area contributed by atoms with E-state index < -0.39 is 6.04 Å². The number of nitrogens with zero attached hydrogens (tertiary/aromatic N) is 2. The molecule has 0 saturated carbocycles. The second-order valence-electron chi connectivity index (χ2n) is 6.97. The molecule has 1 amide bonds. The number of aromatic nitrogens is 2. The number of hydrogen-bond acceptors (Lipinski definition) is 5. The lowest BCUT2D eigenvalue weighted by Crippen LogP contribution is -2.32. The Kier molecular flexibility index (Phi) is 5.17. The number of thiophene rings is 1. The first-order valence-electron chi connectivity index (χ1n) is 9.63. The average molecular weight is 398 g/mol. The summed E-state index contributed by atoms with van der Waals surface area (Å²) in [4.78, 5) is 32.4. The lowest BCUT2D eigenvalue weighted by molar-refractivity contribution is -0.118. The molecule has 0 spiro atoms. The lowest BCUT2D eigenvalue weighted by atomic mass is 9.97. The summed E-state index contributed by atoms with van der Waals surface area (Å²) in [5.74, 6) is 0.498. The fourth-order valence-electron chi connectivity index (χ4n) is 3.61. The fourth-order valence-corrected chi connectivity index (χ4v) is 4.83. The number of rotatable bonds is 5. The van der Waals surface area contributed by atoms with Gasteiger partial charge in [0, 0.05) is 10.6 Å². The first kappa shape index (κ1) is 18.7. The fraction of sp³-hybridized carbons (Fsp3) is 0.381. The van der Waals surface area contributed by atoms with Gasteiger partial charge in [-0.05, 0) is 69.4 Å². The second-order valence-corrected chi connectivity index (χ2v) is 8.05. The minimum Gasteiger partial charge on any atom is -0.494 e. The molecule has 0 fully saturated rings. The van der Waals surface area contributed by atoms with Crippen LogP contribution in [-0.4, -0.2) is 22.1 Å². The summed E-state index contributed by atoms with van der Waals surface area (Å²) in [6.45, 7) is 4.23. The van der Waals surface area contributed by atoms with Gasteiger partial charge < -0.3 is 10.1 Å². The molecule has 1 aromatic carbocycles. The summed E-state index contributed by atoms with van der Waals surface area (Å²) in [6.07, 6.45) is 5.69. The van der Waals surface area contributed by atoms with Gasteiger partial charge in [0.15, 0.2) is 0 Å². The maximum Gasteiger partial charge on any atom is 0.263 e. The first-order valence-corrected chi connectivity index (χ1v) is 10.4. The highest BCUT2D eigenvalue weighted by atomic mass is 32.1. The van der Waals surface area contributed by atoms with E-state index in [-0.39, 0.29) is 11.5 Å². The predicted molar refractivity (Wildman–Crippen MR) is 111 cm³/mol. The van der Waals surface area contributed by atoms with E-state index in [9.17, 15) is 9.59 Å². The Balaban J connectivity index is 1.59. The van der Waals surface area contributed by atoms with Crippen molar-refractivity contribution in [3.8, 4) is 5.75 Å². The zero-order valence-electron chi connectivity index (χ0n) is 16.0. The Morgan fingerprint density at radius 2 is 2.04 bits per heavy atom. The van der Waals surface area contributed by atoms with Crippen LogP contribution in [0.1, 0.15) is 43.2 Å². The van der Waals surface area contributed by atoms with Gasteiger partial charge in [0.2, 0.25) is 5.91 Å². The highest BCUT2D eigenvalue weighted by Crippen LogP contribution is 2.33. The summed E-state index contributed by atoms with van der Waals surface area (Å²) in [5, 5.41) is 3.56. The number of aryl methyl sites for hydroxylation is 2. The lowest BCUT2D eigenvalue weighted by Gasteiger charge is -2.16. The number of nitrogens with one attached hydrogen (secondary N) is 1. The molecular weight excluding hydrogens is 374 g/mol. The smallest absolute Gasteiger partial charge is 0.263 e. The zero-order chi connectivity index (χ0) is 19.7. The molecule has 4 rings (SSSR count). The molecule has 0 unspecified atom stereocenters. The van der Waals surface area contributed by atoms with Gasteiger partial charge in [-0.15, -0.1) is 11.3 Å². The summed E-state index contributed by atoms with van der Waals surface area (Å²) in [6, 6.07) is 6.53. The molecule has 6 nitrogen and oxygen atoms in total. The van der Waals surface area contributed by atoms with E-state index in [4.69, 9.17) is 4.74 Å². The molecule has 0 aliphatic heterocycles. The quantitative estimate of drug-likeness (QED) is 0.708. The van der Waals surface area contributed by atoms with E-state index in [1.165, 1.54) is 15.8 Å². The third-order valence-corrected chi connectivity index (χ3v) is 6.33. The molecule has 3 aromatic rings. The van der Waals surface area contributed by atoms with Crippen LogP contribution in [0.15, 0.2) is 35.4 Å². The monoisotopic (exact) mass is 397 g/mol. The van der Waals surface area contributed by atoms with Crippen molar-refractivity contribution in [1.29, 1.82) is 0 Å². The largest absolute Gasteiger partial charge is 0.494 e. The molecule has 1 N–H and O–H groups in total. The molecular formula is C21H23N3O3S. The molecule has 0 saturated heterocycles. The first-order chi connectivity index (χ1) is 13.6. The van der Waals surface area contributed by atoms with Crippen LogP contribution in [0, 0.1) is 0 Å². The van der Waals surface area contributed by atoms with Gasteiger partial charge in [0.25, 0.3) is 5.56 Å². The van der Waals surface area contributed by atoms with Crippen molar-refractivity contribution in [2.45, 2.75) is 45.6 Å². The zero-order valence-corrected chi connectivity index (χ0v) is 16.8. The summed E-state index contributed by atoms with van der Waals surface area (Å²) in [5.41, 5.74) is 1.67. The topological polar surface area (TPSA) is 73.2 Å². The van der Waals surface area contributed by atoms with Crippen molar-refractivity contribution >= 4 is 33.1 Å². The molecule has 28 heavy (non-hydrogen) atoms. The summed E-state index contributed by atoms with van der Waals surface area (Å²) >= 11 is 1.61. The van der Waals surface area contributed by atoms with E-state index in [1.54, 1.807) is 42.5 Å². The molecule has 1 atom stereocenters. The van der Waals surface area contributed by atoms with Gasteiger partial charge in [-0.3, -0.25) is 14.2 Å². The van der Waals surface area contributed by atoms with Crippen LogP contribution < -0.4 is 15.6 Å². The Labute approximate surface area is 167 Å². The maximum absolute atomic E-state index is 13.1. The van der Waals surface area contributed by atoms with Crippen molar-refractivity contribution in [2.24, 2.45) is 0 Å². The van der Waals surface area contributed by atoms with Crippen LogP contribution in [0.2, 0.25) is 0 Å². The molecule has 146 valence electrons. The number of fused-ring (bicyclic) bond motifs is 3. The highest BCUT2D eigenvalue weighted by Gasteiger charge is 2.23. The molecule has 0 radical (unpaired) electrons. The Morgan fingerprint density at radius 1 is 1.29 bits per heavy atom. The maximum atomic E-state index is 13.1. The summed E-state index contributed by atoms with van der Waals surface area (Å²) in [7, 11) is 0.